The number of anilines is 1. The van der Waals surface area contributed by atoms with Crippen LogP contribution in [0, 0.1) is 15.2 Å². The minimum Gasteiger partial charge on any atom is -0.382 e. The molecule has 1 aliphatic heterocycles. The molecule has 2 aromatic heterocycles. The average Bonchev–Trinajstić information content (AvgIpc) is 2.78. The second kappa shape index (κ2) is 4.72. The Morgan fingerprint density at radius 2 is 2.21 bits per heavy atom. The Morgan fingerprint density at radius 3 is 2.96 bits per heavy atom. The van der Waals surface area contributed by atoms with E-state index in [9.17, 15) is 0 Å². The second-order valence-corrected chi connectivity index (χ2v) is 8.62. The molecular formula is C15H17ClIN5O2. The molecule has 5 rings (SSSR count). The maximum absolute atomic E-state index is 6.34. The number of hydrogen-bond donors (Lipinski definition) is 1. The number of aromatic nitrogens is 4. The van der Waals surface area contributed by atoms with Crippen molar-refractivity contribution in [3.8, 4) is 0 Å². The van der Waals surface area contributed by atoms with Crippen molar-refractivity contribution >= 4 is 51.2 Å². The zero-order chi connectivity index (χ0) is 16.9. The first-order chi connectivity index (χ1) is 11.4. The average molecular weight is 462 g/mol. The molecule has 0 amide bonds. The van der Waals surface area contributed by atoms with Crippen molar-refractivity contribution in [2.24, 2.45) is 11.3 Å². The van der Waals surface area contributed by atoms with E-state index in [1.54, 1.807) is 6.33 Å². The topological polar surface area (TPSA) is 88.1 Å². The SMILES string of the molecule is CC1(C)O[C@H]2[C@H](n3cnc4c(N)nc(I)nc43)[C@H]3C[C@@]3(CCl)[C@H]2O1. The Labute approximate surface area is 157 Å². The highest BCUT2D eigenvalue weighted by molar-refractivity contribution is 14.1. The van der Waals surface area contributed by atoms with Crippen molar-refractivity contribution in [1.82, 2.24) is 19.5 Å². The van der Waals surface area contributed by atoms with Crippen molar-refractivity contribution in [3.05, 3.63) is 10.2 Å². The summed E-state index contributed by atoms with van der Waals surface area (Å²) >= 11 is 8.41. The van der Waals surface area contributed by atoms with Gasteiger partial charge in [-0.15, -0.1) is 11.6 Å². The lowest BCUT2D eigenvalue weighted by Gasteiger charge is -2.24. The van der Waals surface area contributed by atoms with Crippen LogP contribution in [0.5, 0.6) is 0 Å². The number of imidazole rings is 1. The van der Waals surface area contributed by atoms with E-state index in [0.717, 1.165) is 12.1 Å². The fourth-order valence-electron chi connectivity index (χ4n) is 4.56. The Bertz CT molecular complexity index is 858. The largest absolute Gasteiger partial charge is 0.382 e. The molecule has 1 saturated heterocycles. The van der Waals surface area contributed by atoms with Crippen LogP contribution in [0.15, 0.2) is 6.33 Å². The van der Waals surface area contributed by atoms with Gasteiger partial charge in [0.1, 0.15) is 11.6 Å². The molecule has 128 valence electrons. The molecular weight excluding hydrogens is 445 g/mol. The molecule has 2 N–H and O–H groups in total. The van der Waals surface area contributed by atoms with Crippen LogP contribution >= 0.6 is 34.2 Å². The summed E-state index contributed by atoms with van der Waals surface area (Å²) in [4.78, 5) is 13.2. The third-order valence-corrected chi connectivity index (χ3v) is 6.59. The number of fused-ring (bicyclic) bond motifs is 4. The lowest BCUT2D eigenvalue weighted by molar-refractivity contribution is -0.160. The lowest BCUT2D eigenvalue weighted by atomic mass is 10.0. The molecule has 2 aromatic rings. The maximum atomic E-state index is 6.34. The molecule has 2 saturated carbocycles. The summed E-state index contributed by atoms with van der Waals surface area (Å²) < 4.78 is 15.1. The molecule has 3 aliphatic rings. The van der Waals surface area contributed by atoms with Gasteiger partial charge in [0, 0.05) is 33.9 Å². The first kappa shape index (κ1) is 15.5. The van der Waals surface area contributed by atoms with Crippen LogP contribution < -0.4 is 5.73 Å². The number of ether oxygens (including phenoxy) is 2. The van der Waals surface area contributed by atoms with Gasteiger partial charge in [-0.25, -0.2) is 15.0 Å². The minimum atomic E-state index is -0.598. The molecule has 3 fully saturated rings. The number of nitrogens with two attached hydrogens (primary N) is 1. The van der Waals surface area contributed by atoms with Crippen LogP contribution in [-0.4, -0.2) is 43.4 Å². The van der Waals surface area contributed by atoms with Gasteiger partial charge < -0.3 is 19.8 Å². The highest BCUT2D eigenvalue weighted by Crippen LogP contribution is 2.71. The van der Waals surface area contributed by atoms with Crippen LogP contribution in [0.4, 0.5) is 5.82 Å². The second-order valence-electron chi connectivity index (χ2n) is 7.39. The summed E-state index contributed by atoms with van der Waals surface area (Å²) in [6.07, 6.45) is 2.80. The van der Waals surface area contributed by atoms with Gasteiger partial charge >= 0.3 is 0 Å². The Morgan fingerprint density at radius 1 is 1.42 bits per heavy atom. The lowest BCUT2D eigenvalue weighted by Crippen LogP contribution is -2.32. The molecule has 3 heterocycles. The summed E-state index contributed by atoms with van der Waals surface area (Å²) in [6, 6.07) is 0.102. The number of rotatable bonds is 2. The highest BCUT2D eigenvalue weighted by atomic mass is 127. The first-order valence-electron chi connectivity index (χ1n) is 7.93. The van der Waals surface area contributed by atoms with Gasteiger partial charge in [0.25, 0.3) is 0 Å². The molecule has 7 nitrogen and oxygen atoms in total. The molecule has 5 atom stereocenters. The van der Waals surface area contributed by atoms with E-state index in [0.29, 0.717) is 27.0 Å². The summed E-state index contributed by atoms with van der Waals surface area (Å²) in [5.41, 5.74) is 7.39. The van der Waals surface area contributed by atoms with Crippen molar-refractivity contribution in [3.63, 3.8) is 0 Å². The van der Waals surface area contributed by atoms with Crippen LogP contribution in [0.1, 0.15) is 26.3 Å². The number of nitrogen functional groups attached to an aromatic ring is 1. The number of nitrogens with zero attached hydrogens (tertiary/aromatic N) is 4. The minimum absolute atomic E-state index is 0.00696. The van der Waals surface area contributed by atoms with E-state index in [4.69, 9.17) is 26.8 Å². The van der Waals surface area contributed by atoms with E-state index in [1.807, 2.05) is 13.8 Å². The summed E-state index contributed by atoms with van der Waals surface area (Å²) in [5.74, 6) is 0.795. The van der Waals surface area contributed by atoms with Crippen molar-refractivity contribution in [2.75, 3.05) is 11.6 Å². The Hall–Kier alpha value is -0.710. The van der Waals surface area contributed by atoms with Crippen molar-refractivity contribution in [1.29, 1.82) is 0 Å². The van der Waals surface area contributed by atoms with Gasteiger partial charge in [-0.2, -0.15) is 0 Å². The quantitative estimate of drug-likeness (QED) is 0.420. The van der Waals surface area contributed by atoms with Crippen molar-refractivity contribution in [2.45, 2.75) is 44.3 Å². The number of alkyl halides is 1. The van der Waals surface area contributed by atoms with Gasteiger partial charge in [-0.1, -0.05) is 0 Å². The highest BCUT2D eigenvalue weighted by Gasteiger charge is 2.75. The summed E-state index contributed by atoms with van der Waals surface area (Å²) in [5, 5.41) is 0. The van der Waals surface area contributed by atoms with Crippen LogP contribution in [-0.2, 0) is 9.47 Å². The van der Waals surface area contributed by atoms with Crippen LogP contribution in [0.2, 0.25) is 0 Å². The first-order valence-corrected chi connectivity index (χ1v) is 9.55. The van der Waals surface area contributed by atoms with Gasteiger partial charge in [0.15, 0.2) is 21.1 Å². The third-order valence-electron chi connectivity index (χ3n) is 5.61. The van der Waals surface area contributed by atoms with Crippen molar-refractivity contribution < 1.29 is 9.47 Å². The predicted octanol–water partition coefficient (Wildman–Crippen LogP) is 2.33. The smallest absolute Gasteiger partial charge is 0.194 e. The fraction of sp³-hybridized carbons (Fsp3) is 0.667. The van der Waals surface area contributed by atoms with E-state index in [1.165, 1.54) is 0 Å². The number of halogens is 2. The zero-order valence-electron chi connectivity index (χ0n) is 13.2. The van der Waals surface area contributed by atoms with Gasteiger partial charge in [0.2, 0.25) is 0 Å². The van der Waals surface area contributed by atoms with Gasteiger partial charge in [-0.3, -0.25) is 0 Å². The third kappa shape index (κ3) is 1.88. The van der Waals surface area contributed by atoms with E-state index in [-0.39, 0.29) is 23.7 Å². The number of hydrogen-bond acceptors (Lipinski definition) is 6. The van der Waals surface area contributed by atoms with Gasteiger partial charge in [0.05, 0.1) is 18.5 Å². The molecule has 0 radical (unpaired) electrons. The zero-order valence-corrected chi connectivity index (χ0v) is 16.2. The summed E-state index contributed by atoms with van der Waals surface area (Å²) in [6.45, 7) is 3.91. The van der Waals surface area contributed by atoms with E-state index < -0.39 is 5.79 Å². The molecule has 0 spiro atoms. The molecule has 0 unspecified atom stereocenters. The Kier molecular flexibility index (Phi) is 3.05. The summed E-state index contributed by atoms with van der Waals surface area (Å²) in [7, 11) is 0. The maximum Gasteiger partial charge on any atom is 0.194 e. The monoisotopic (exact) mass is 461 g/mol. The normalized spacial score (nSPS) is 39.2. The molecule has 24 heavy (non-hydrogen) atoms. The molecule has 2 aliphatic carbocycles. The Balaban J connectivity index is 1.65. The van der Waals surface area contributed by atoms with E-state index >= 15 is 0 Å². The van der Waals surface area contributed by atoms with E-state index in [2.05, 4.69) is 42.1 Å². The molecule has 0 bridgehead atoms. The standard InChI is InChI=1S/C15H17ClIN5O2/c1-14(2)23-9-8(6-3-15(6,4-16)10(9)24-14)22-5-19-7-11(18)20-13(17)21-12(7)22/h5-6,8-10H,3-4H2,1-2H3,(H2,18,20,21)/t6-,8-,9+,10+,15+/m1/s1. The molecule has 9 heteroatoms. The fourth-order valence-corrected chi connectivity index (χ4v) is 5.51. The van der Waals surface area contributed by atoms with Crippen LogP contribution in [0.3, 0.4) is 0 Å². The van der Waals surface area contributed by atoms with Gasteiger partial charge in [-0.05, 0) is 26.2 Å². The molecule has 0 aromatic carbocycles. The van der Waals surface area contributed by atoms with Crippen LogP contribution in [0.25, 0.3) is 11.2 Å². The predicted molar refractivity (Wildman–Crippen MR) is 96.6 cm³/mol.